The predicted octanol–water partition coefficient (Wildman–Crippen LogP) is 3.72. The van der Waals surface area contributed by atoms with Crippen molar-refractivity contribution in [3.8, 4) is 0 Å². The first-order valence-corrected chi connectivity index (χ1v) is 12.0. The van der Waals surface area contributed by atoms with E-state index in [1.54, 1.807) is 6.08 Å². The highest BCUT2D eigenvalue weighted by molar-refractivity contribution is 5.90. The van der Waals surface area contributed by atoms with Crippen molar-refractivity contribution >= 4 is 29.1 Å². The van der Waals surface area contributed by atoms with Crippen molar-refractivity contribution < 1.29 is 9.90 Å². The van der Waals surface area contributed by atoms with Crippen molar-refractivity contribution in [2.75, 3.05) is 13.6 Å². The quantitative estimate of drug-likeness (QED) is 0.735. The van der Waals surface area contributed by atoms with Gasteiger partial charge in [-0.05, 0) is 48.7 Å². The van der Waals surface area contributed by atoms with E-state index in [9.17, 15) is 9.90 Å². The van der Waals surface area contributed by atoms with E-state index in [0.29, 0.717) is 29.2 Å². The summed E-state index contributed by atoms with van der Waals surface area (Å²) in [7, 11) is 2.11. The number of fused-ring (bicyclic) bond motifs is 3. The monoisotopic (exact) mass is 443 g/mol. The zero-order chi connectivity index (χ0) is 23.4. The molecular weight excluding hydrogens is 410 g/mol. The van der Waals surface area contributed by atoms with Crippen LogP contribution in [-0.2, 0) is 4.79 Å². The zero-order valence-electron chi connectivity index (χ0n) is 20.1. The number of hydrogen-bond acceptors (Lipinski definition) is 3. The van der Waals surface area contributed by atoms with E-state index in [1.807, 2.05) is 18.5 Å². The molecule has 0 aromatic carbocycles. The van der Waals surface area contributed by atoms with Gasteiger partial charge in [-0.25, -0.2) is 4.79 Å². The Hall–Kier alpha value is -3.08. The van der Waals surface area contributed by atoms with Crippen LogP contribution in [0.5, 0.6) is 0 Å². The van der Waals surface area contributed by atoms with E-state index in [4.69, 9.17) is 0 Å². The van der Waals surface area contributed by atoms with Crippen LogP contribution in [0.3, 0.4) is 0 Å². The van der Waals surface area contributed by atoms with Crippen LogP contribution in [0.25, 0.3) is 23.2 Å². The maximum Gasteiger partial charge on any atom is 0.335 e. The number of aromatic nitrogens is 2. The van der Waals surface area contributed by atoms with E-state index >= 15 is 0 Å². The average Bonchev–Trinajstić information content (AvgIpc) is 3.11. The van der Waals surface area contributed by atoms with Crippen molar-refractivity contribution in [2.45, 2.75) is 33.7 Å². The molecule has 0 radical (unpaired) electrons. The Morgan fingerprint density at radius 2 is 1.97 bits per heavy atom. The number of aliphatic carboxylic acids is 1. The zero-order valence-corrected chi connectivity index (χ0v) is 20.1. The van der Waals surface area contributed by atoms with Crippen LogP contribution in [-0.4, -0.2) is 39.1 Å². The topological polar surface area (TPSA) is 58.4 Å². The summed E-state index contributed by atoms with van der Waals surface area (Å²) in [5.41, 5.74) is 3.01. The molecule has 33 heavy (non-hydrogen) atoms. The molecule has 6 unspecified atom stereocenters. The summed E-state index contributed by atoms with van der Waals surface area (Å²) in [5, 5.41) is 13.3. The summed E-state index contributed by atoms with van der Waals surface area (Å²) in [6.45, 7) is 10.0. The van der Waals surface area contributed by atoms with Gasteiger partial charge < -0.3 is 14.6 Å². The third-order valence-corrected chi connectivity index (χ3v) is 8.22. The molecule has 1 aliphatic heterocycles. The highest BCUT2D eigenvalue weighted by Gasteiger charge is 2.40. The van der Waals surface area contributed by atoms with Crippen LogP contribution in [0, 0.1) is 29.6 Å². The molecule has 2 aliphatic carbocycles. The van der Waals surface area contributed by atoms with Crippen molar-refractivity contribution in [3.63, 3.8) is 0 Å². The second-order valence-corrected chi connectivity index (χ2v) is 10.2. The van der Waals surface area contributed by atoms with Crippen molar-refractivity contribution in [1.29, 1.82) is 0 Å². The maximum absolute atomic E-state index is 11.7. The summed E-state index contributed by atoms with van der Waals surface area (Å²) >= 11 is 0. The molecule has 3 heterocycles. The second-order valence-electron chi connectivity index (χ2n) is 10.2. The highest BCUT2D eigenvalue weighted by atomic mass is 16.4. The lowest BCUT2D eigenvalue weighted by Crippen LogP contribution is -2.42. The Morgan fingerprint density at radius 3 is 2.73 bits per heavy atom. The lowest BCUT2D eigenvalue weighted by Gasteiger charge is -2.44. The fourth-order valence-electron chi connectivity index (χ4n) is 6.29. The molecule has 0 bridgehead atoms. The predicted molar refractivity (Wildman–Crippen MR) is 133 cm³/mol. The Morgan fingerprint density at radius 1 is 1.18 bits per heavy atom. The summed E-state index contributed by atoms with van der Waals surface area (Å²) in [4.78, 5) is 18.3. The minimum absolute atomic E-state index is 0.198. The Balaban J connectivity index is 1.64. The summed E-state index contributed by atoms with van der Waals surface area (Å²) in [6, 6.07) is 2.38. The van der Waals surface area contributed by atoms with E-state index in [2.05, 4.69) is 79.7 Å². The summed E-state index contributed by atoms with van der Waals surface area (Å²) in [6.07, 6.45) is 16.7. The van der Waals surface area contributed by atoms with E-state index in [1.165, 1.54) is 27.0 Å². The molecule has 0 saturated carbocycles. The van der Waals surface area contributed by atoms with Crippen LogP contribution in [0.15, 0.2) is 53.9 Å². The first-order valence-electron chi connectivity index (χ1n) is 12.0. The van der Waals surface area contributed by atoms with E-state index in [-0.39, 0.29) is 12.0 Å². The van der Waals surface area contributed by atoms with Gasteiger partial charge in [0.05, 0.1) is 17.1 Å². The number of carboxylic acid groups (broad SMARTS) is 1. The lowest BCUT2D eigenvalue weighted by molar-refractivity contribution is -0.132. The molecule has 0 fully saturated rings. The molecule has 5 rings (SSSR count). The molecular formula is C28H33N3O2. The fourth-order valence-corrected chi connectivity index (χ4v) is 6.29. The Labute approximate surface area is 195 Å². The van der Waals surface area contributed by atoms with E-state index in [0.717, 1.165) is 6.54 Å². The minimum atomic E-state index is -0.838. The maximum atomic E-state index is 11.7. The number of nitrogens with zero attached hydrogens (tertiary/aromatic N) is 3. The van der Waals surface area contributed by atoms with Gasteiger partial charge in [0.15, 0.2) is 0 Å². The number of carboxylic acids is 1. The molecule has 5 heteroatoms. The van der Waals surface area contributed by atoms with Gasteiger partial charge in [0.1, 0.15) is 0 Å². The van der Waals surface area contributed by atoms with Gasteiger partial charge in [0, 0.05) is 48.1 Å². The largest absolute Gasteiger partial charge is 0.478 e. The van der Waals surface area contributed by atoms with Crippen molar-refractivity contribution in [3.05, 3.63) is 64.5 Å². The fraction of sp³-hybridized carbons (Fsp3) is 0.429. The third-order valence-electron chi connectivity index (χ3n) is 8.22. The molecule has 0 amide bonds. The molecule has 5 nitrogen and oxygen atoms in total. The molecule has 2 aromatic heterocycles. The van der Waals surface area contributed by atoms with Gasteiger partial charge in [-0.2, -0.15) is 0 Å². The molecule has 1 N–H and O–H groups in total. The van der Waals surface area contributed by atoms with Gasteiger partial charge in [-0.1, -0.05) is 50.6 Å². The van der Waals surface area contributed by atoms with Gasteiger partial charge in [-0.15, -0.1) is 0 Å². The Bertz CT molecular complexity index is 1330. The van der Waals surface area contributed by atoms with Gasteiger partial charge in [-0.3, -0.25) is 4.98 Å². The third kappa shape index (κ3) is 3.45. The number of allylic oxidation sites excluding steroid dienone is 4. The van der Waals surface area contributed by atoms with Crippen molar-refractivity contribution in [1.82, 2.24) is 14.5 Å². The van der Waals surface area contributed by atoms with Crippen LogP contribution >= 0.6 is 0 Å². The number of pyridine rings is 1. The second kappa shape index (κ2) is 8.05. The van der Waals surface area contributed by atoms with Gasteiger partial charge >= 0.3 is 5.97 Å². The number of hydrogen-bond donors (Lipinski definition) is 1. The van der Waals surface area contributed by atoms with Gasteiger partial charge in [0.25, 0.3) is 0 Å². The van der Waals surface area contributed by atoms with E-state index < -0.39 is 5.97 Å². The van der Waals surface area contributed by atoms with Crippen LogP contribution < -0.4 is 10.6 Å². The molecule has 3 aliphatic rings. The van der Waals surface area contributed by atoms with Crippen LogP contribution in [0.2, 0.25) is 0 Å². The van der Waals surface area contributed by atoms with Crippen LogP contribution in [0.4, 0.5) is 0 Å². The van der Waals surface area contributed by atoms with Crippen molar-refractivity contribution in [2.24, 2.45) is 29.6 Å². The summed E-state index contributed by atoms with van der Waals surface area (Å²) < 4.78 is 2.51. The first-order chi connectivity index (χ1) is 15.8. The Kier molecular flexibility index (Phi) is 5.31. The first kappa shape index (κ1) is 21.7. The molecule has 172 valence electrons. The smallest absolute Gasteiger partial charge is 0.335 e. The lowest BCUT2D eigenvalue weighted by atomic mass is 9.63. The molecule has 0 saturated heterocycles. The molecule has 0 spiro atoms. The average molecular weight is 444 g/mol. The molecule has 6 atom stereocenters. The molecule has 2 aromatic rings. The summed E-state index contributed by atoms with van der Waals surface area (Å²) in [5.74, 6) is 0.817. The van der Waals surface area contributed by atoms with Crippen LogP contribution in [0.1, 0.15) is 33.7 Å². The SMILES string of the molecule is CC1=CC(n2c3c(c4cnccc42)=CN(C)CC=3)C(C)C(C)C1C1C=C(C(=O)O)C=CC1C. The van der Waals surface area contributed by atoms with Gasteiger partial charge in [0.2, 0.25) is 0 Å². The standard InChI is InChI=1S/C28H33N3O2/c1-16-6-7-20(28(32)33)13-21(16)27-17(2)12-26(18(3)19(27)4)31-24-8-10-29-14-22(24)23-15-30(5)11-9-25(23)31/h6-10,12-16,18-19,21,26-27H,11H2,1-5H3,(H,32,33). The highest BCUT2D eigenvalue weighted by Crippen LogP contribution is 2.47. The minimum Gasteiger partial charge on any atom is -0.478 e. The normalized spacial score (nSPS) is 31.4. The number of rotatable bonds is 3. The number of carbonyl (C=O) groups is 1.